The third kappa shape index (κ3) is 3.65. The fourth-order valence-electron chi connectivity index (χ4n) is 2.77. The third-order valence-electron chi connectivity index (χ3n) is 4.05. The van der Waals surface area contributed by atoms with E-state index in [1.807, 2.05) is 18.2 Å². The minimum Gasteiger partial charge on any atom is -0.396 e. The SMILES string of the molecule is Nc1c(Cl)c(NCCc2ccccc2)nc(N2CCCC2)c1Cl. The van der Waals surface area contributed by atoms with Crippen LogP contribution >= 0.6 is 23.2 Å². The number of halogens is 2. The van der Waals surface area contributed by atoms with Gasteiger partial charge in [0.2, 0.25) is 0 Å². The summed E-state index contributed by atoms with van der Waals surface area (Å²) in [5.74, 6) is 1.33. The molecule has 0 saturated carbocycles. The van der Waals surface area contributed by atoms with E-state index in [2.05, 4.69) is 27.3 Å². The van der Waals surface area contributed by atoms with E-state index in [0.29, 0.717) is 21.6 Å². The largest absolute Gasteiger partial charge is 0.396 e. The van der Waals surface area contributed by atoms with Gasteiger partial charge in [0.15, 0.2) is 5.82 Å². The molecule has 6 heteroatoms. The van der Waals surface area contributed by atoms with Crippen LogP contribution in [0.15, 0.2) is 30.3 Å². The second-order valence-electron chi connectivity index (χ2n) is 5.68. The first-order valence-corrected chi connectivity index (χ1v) is 8.59. The van der Waals surface area contributed by atoms with Crippen molar-refractivity contribution in [3.63, 3.8) is 0 Å². The highest BCUT2D eigenvalue weighted by molar-refractivity contribution is 6.41. The molecular weight excluding hydrogens is 331 g/mol. The molecule has 1 aromatic heterocycles. The number of aromatic nitrogens is 1. The fourth-order valence-corrected chi connectivity index (χ4v) is 3.28. The summed E-state index contributed by atoms with van der Waals surface area (Å²) in [6.07, 6.45) is 3.19. The van der Waals surface area contributed by atoms with Gasteiger partial charge in [0.25, 0.3) is 0 Å². The normalized spacial score (nSPS) is 14.3. The van der Waals surface area contributed by atoms with Gasteiger partial charge in [-0.05, 0) is 24.8 Å². The second-order valence-corrected chi connectivity index (χ2v) is 6.44. The molecule has 0 amide bonds. The Morgan fingerprint density at radius 1 is 1.09 bits per heavy atom. The molecule has 3 N–H and O–H groups in total. The van der Waals surface area contributed by atoms with Gasteiger partial charge >= 0.3 is 0 Å². The molecule has 0 bridgehead atoms. The van der Waals surface area contributed by atoms with Gasteiger partial charge in [-0.2, -0.15) is 0 Å². The highest BCUT2D eigenvalue weighted by Gasteiger charge is 2.22. The van der Waals surface area contributed by atoms with E-state index >= 15 is 0 Å². The topological polar surface area (TPSA) is 54.2 Å². The molecule has 2 heterocycles. The molecule has 2 aromatic rings. The first-order chi connectivity index (χ1) is 11.2. The smallest absolute Gasteiger partial charge is 0.152 e. The standard InChI is InChI=1S/C17H20Cl2N4/c18-13-15(20)14(19)17(23-10-4-5-11-23)22-16(13)21-9-8-12-6-2-1-3-7-12/h1-3,6-7H,4-5,8-11H2,(H3,20,21,22). The van der Waals surface area contributed by atoms with Gasteiger partial charge in [-0.15, -0.1) is 0 Å². The Kier molecular flexibility index (Phi) is 5.13. The number of nitrogens with one attached hydrogen (secondary N) is 1. The van der Waals surface area contributed by atoms with Crippen molar-refractivity contribution in [1.82, 2.24) is 4.98 Å². The molecule has 0 aliphatic carbocycles. The van der Waals surface area contributed by atoms with Crippen molar-refractivity contribution in [2.24, 2.45) is 0 Å². The minimum absolute atomic E-state index is 0.394. The predicted molar refractivity (Wildman–Crippen MR) is 98.8 cm³/mol. The highest BCUT2D eigenvalue weighted by atomic mass is 35.5. The Balaban J connectivity index is 1.75. The Labute approximate surface area is 146 Å². The average molecular weight is 351 g/mol. The lowest BCUT2D eigenvalue weighted by molar-refractivity contribution is 0.933. The number of nitrogens with zero attached hydrogens (tertiary/aromatic N) is 2. The van der Waals surface area contributed by atoms with Crippen molar-refractivity contribution < 1.29 is 0 Å². The highest BCUT2D eigenvalue weighted by Crippen LogP contribution is 2.39. The molecule has 122 valence electrons. The zero-order valence-electron chi connectivity index (χ0n) is 12.9. The van der Waals surface area contributed by atoms with Gasteiger partial charge in [-0.25, -0.2) is 4.98 Å². The zero-order chi connectivity index (χ0) is 16.2. The molecule has 0 radical (unpaired) electrons. The number of rotatable bonds is 5. The van der Waals surface area contributed by atoms with Gasteiger partial charge in [0.05, 0.1) is 5.69 Å². The van der Waals surface area contributed by atoms with Crippen LogP contribution in [0.25, 0.3) is 0 Å². The first kappa shape index (κ1) is 16.2. The van der Waals surface area contributed by atoms with Gasteiger partial charge in [-0.1, -0.05) is 53.5 Å². The van der Waals surface area contributed by atoms with Crippen LogP contribution in [-0.4, -0.2) is 24.6 Å². The molecule has 1 fully saturated rings. The molecule has 0 unspecified atom stereocenters. The van der Waals surface area contributed by atoms with Crippen LogP contribution in [-0.2, 0) is 6.42 Å². The van der Waals surface area contributed by atoms with Crippen molar-refractivity contribution in [3.05, 3.63) is 45.9 Å². The van der Waals surface area contributed by atoms with E-state index in [9.17, 15) is 0 Å². The van der Waals surface area contributed by atoms with Crippen LogP contribution < -0.4 is 16.0 Å². The Morgan fingerprint density at radius 3 is 2.48 bits per heavy atom. The third-order valence-corrected chi connectivity index (χ3v) is 4.80. The van der Waals surface area contributed by atoms with E-state index in [-0.39, 0.29) is 0 Å². The van der Waals surface area contributed by atoms with Crippen molar-refractivity contribution in [2.75, 3.05) is 35.6 Å². The lowest BCUT2D eigenvalue weighted by atomic mass is 10.1. The molecule has 3 rings (SSSR count). The van der Waals surface area contributed by atoms with Crippen molar-refractivity contribution in [3.8, 4) is 0 Å². The number of pyridine rings is 1. The molecule has 1 saturated heterocycles. The number of hydrogen-bond acceptors (Lipinski definition) is 4. The summed E-state index contributed by atoms with van der Waals surface area (Å²) < 4.78 is 0. The summed E-state index contributed by atoms with van der Waals surface area (Å²) in [5, 5.41) is 4.13. The van der Waals surface area contributed by atoms with E-state index in [0.717, 1.165) is 44.7 Å². The van der Waals surface area contributed by atoms with Crippen LogP contribution in [0.4, 0.5) is 17.3 Å². The first-order valence-electron chi connectivity index (χ1n) is 7.84. The molecule has 1 aliphatic heterocycles. The molecule has 0 atom stereocenters. The van der Waals surface area contributed by atoms with Crippen molar-refractivity contribution >= 4 is 40.5 Å². The van der Waals surface area contributed by atoms with Gasteiger partial charge in [0, 0.05) is 19.6 Å². The van der Waals surface area contributed by atoms with Crippen LogP contribution in [0.5, 0.6) is 0 Å². The number of nitrogen functional groups attached to an aromatic ring is 1. The number of benzene rings is 1. The van der Waals surface area contributed by atoms with Crippen LogP contribution in [0.1, 0.15) is 18.4 Å². The summed E-state index contributed by atoms with van der Waals surface area (Å²) in [6, 6.07) is 10.3. The summed E-state index contributed by atoms with van der Waals surface area (Å²) in [7, 11) is 0. The van der Waals surface area contributed by atoms with E-state index in [1.54, 1.807) is 0 Å². The summed E-state index contributed by atoms with van der Waals surface area (Å²) in [4.78, 5) is 6.78. The summed E-state index contributed by atoms with van der Waals surface area (Å²) in [5.41, 5.74) is 7.72. The summed E-state index contributed by atoms with van der Waals surface area (Å²) in [6.45, 7) is 2.64. The van der Waals surface area contributed by atoms with Gasteiger partial charge in [-0.3, -0.25) is 0 Å². The van der Waals surface area contributed by atoms with E-state index in [1.165, 1.54) is 5.56 Å². The van der Waals surface area contributed by atoms with Crippen LogP contribution in [0.2, 0.25) is 10.0 Å². The minimum atomic E-state index is 0.394. The molecule has 1 aromatic carbocycles. The van der Waals surface area contributed by atoms with Crippen LogP contribution in [0, 0.1) is 0 Å². The monoisotopic (exact) mass is 350 g/mol. The molecule has 4 nitrogen and oxygen atoms in total. The lowest BCUT2D eigenvalue weighted by Crippen LogP contribution is -2.21. The molecule has 0 spiro atoms. The maximum Gasteiger partial charge on any atom is 0.152 e. The summed E-state index contributed by atoms with van der Waals surface area (Å²) >= 11 is 12.6. The van der Waals surface area contributed by atoms with E-state index < -0.39 is 0 Å². The van der Waals surface area contributed by atoms with Crippen molar-refractivity contribution in [2.45, 2.75) is 19.3 Å². The number of hydrogen-bond donors (Lipinski definition) is 2. The number of anilines is 3. The van der Waals surface area contributed by atoms with E-state index in [4.69, 9.17) is 28.9 Å². The maximum atomic E-state index is 6.34. The second kappa shape index (κ2) is 7.28. The molecule has 23 heavy (non-hydrogen) atoms. The predicted octanol–water partition coefficient (Wildman–Crippen LogP) is 4.23. The fraction of sp³-hybridized carbons (Fsp3) is 0.353. The Hall–Kier alpha value is -1.65. The Morgan fingerprint density at radius 2 is 1.78 bits per heavy atom. The molecule has 1 aliphatic rings. The maximum absolute atomic E-state index is 6.34. The molecular formula is C17H20Cl2N4. The van der Waals surface area contributed by atoms with Crippen molar-refractivity contribution in [1.29, 1.82) is 0 Å². The van der Waals surface area contributed by atoms with Gasteiger partial charge in [0.1, 0.15) is 15.9 Å². The quantitative estimate of drug-likeness (QED) is 0.847. The number of nitrogens with two attached hydrogens (primary N) is 1. The zero-order valence-corrected chi connectivity index (χ0v) is 14.4. The average Bonchev–Trinajstić information content (AvgIpc) is 3.10. The Bertz CT molecular complexity index is 670. The lowest BCUT2D eigenvalue weighted by Gasteiger charge is -2.21. The van der Waals surface area contributed by atoms with Gasteiger partial charge < -0.3 is 16.0 Å². The van der Waals surface area contributed by atoms with Crippen LogP contribution in [0.3, 0.4) is 0 Å².